The van der Waals surface area contributed by atoms with E-state index in [1.54, 1.807) is 6.92 Å². The van der Waals surface area contributed by atoms with Gasteiger partial charge in [-0.3, -0.25) is 0 Å². The molecule has 0 spiro atoms. The third kappa shape index (κ3) is 2.82. The minimum atomic E-state index is -1.42. The molecule has 0 aliphatic heterocycles. The Morgan fingerprint density at radius 2 is 1.68 bits per heavy atom. The molecule has 0 amide bonds. The molecule has 5 heteroatoms. The zero-order valence-electron chi connectivity index (χ0n) is 9.92. The molecule has 0 saturated heterocycles. The smallest absolute Gasteiger partial charge is 0.137 e. The molecule has 2 aromatic rings. The topological polar surface area (TPSA) is 20.2 Å². The van der Waals surface area contributed by atoms with Crippen molar-refractivity contribution >= 4 is 15.9 Å². The van der Waals surface area contributed by atoms with Crippen LogP contribution in [-0.4, -0.2) is 5.11 Å². The molecule has 0 heterocycles. The third-order valence-electron chi connectivity index (χ3n) is 2.87. The van der Waals surface area contributed by atoms with Crippen molar-refractivity contribution in [2.45, 2.75) is 13.0 Å². The number of hydrogen-bond donors (Lipinski definition) is 1. The van der Waals surface area contributed by atoms with Crippen LogP contribution in [-0.2, 0) is 0 Å². The first-order valence-electron chi connectivity index (χ1n) is 5.48. The summed E-state index contributed by atoms with van der Waals surface area (Å²) in [6.07, 6.45) is -1.42. The molecule has 0 saturated carbocycles. The van der Waals surface area contributed by atoms with Crippen molar-refractivity contribution in [3.05, 3.63) is 68.9 Å². The lowest BCUT2D eigenvalue weighted by Gasteiger charge is -2.15. The van der Waals surface area contributed by atoms with E-state index >= 15 is 0 Å². The Kier molecular flexibility index (Phi) is 3.96. The van der Waals surface area contributed by atoms with Crippen LogP contribution in [0.25, 0.3) is 0 Å². The first-order valence-corrected chi connectivity index (χ1v) is 6.28. The normalized spacial score (nSPS) is 12.5. The van der Waals surface area contributed by atoms with Gasteiger partial charge in [0.2, 0.25) is 0 Å². The highest BCUT2D eigenvalue weighted by Gasteiger charge is 2.19. The van der Waals surface area contributed by atoms with Crippen LogP contribution in [0.1, 0.15) is 22.8 Å². The van der Waals surface area contributed by atoms with Crippen LogP contribution >= 0.6 is 15.9 Å². The van der Waals surface area contributed by atoms with E-state index < -0.39 is 23.6 Å². The van der Waals surface area contributed by atoms with E-state index in [0.717, 1.165) is 18.2 Å². The fraction of sp³-hybridized carbons (Fsp3) is 0.143. The Morgan fingerprint density at radius 1 is 1.00 bits per heavy atom. The van der Waals surface area contributed by atoms with E-state index in [1.807, 2.05) is 0 Å². The van der Waals surface area contributed by atoms with Crippen molar-refractivity contribution in [3.8, 4) is 0 Å². The van der Waals surface area contributed by atoms with Crippen LogP contribution in [0.15, 0.2) is 34.8 Å². The van der Waals surface area contributed by atoms with Crippen LogP contribution < -0.4 is 0 Å². The highest BCUT2D eigenvalue weighted by molar-refractivity contribution is 9.10. The fourth-order valence-electron chi connectivity index (χ4n) is 1.82. The summed E-state index contributed by atoms with van der Waals surface area (Å²) in [6, 6.07) is 5.65. The standard InChI is InChI=1S/C14H10BrF3O/c1-7-2-3-8(16)4-9(7)14(19)10-5-13(18)11(15)6-12(10)17/h2-6,14,19H,1H3. The van der Waals surface area contributed by atoms with Gasteiger partial charge in [-0.05, 0) is 58.2 Å². The highest BCUT2D eigenvalue weighted by atomic mass is 79.9. The molecule has 1 N–H and O–H groups in total. The van der Waals surface area contributed by atoms with E-state index in [1.165, 1.54) is 12.1 Å². The van der Waals surface area contributed by atoms with Gasteiger partial charge in [-0.15, -0.1) is 0 Å². The van der Waals surface area contributed by atoms with Gasteiger partial charge in [0.25, 0.3) is 0 Å². The van der Waals surface area contributed by atoms with Crippen molar-refractivity contribution in [2.75, 3.05) is 0 Å². The van der Waals surface area contributed by atoms with E-state index in [-0.39, 0.29) is 15.6 Å². The quantitative estimate of drug-likeness (QED) is 0.816. The average Bonchev–Trinajstić information content (AvgIpc) is 2.36. The van der Waals surface area contributed by atoms with Crippen molar-refractivity contribution in [1.29, 1.82) is 0 Å². The van der Waals surface area contributed by atoms with Crippen molar-refractivity contribution in [2.24, 2.45) is 0 Å². The van der Waals surface area contributed by atoms with Crippen molar-refractivity contribution in [3.63, 3.8) is 0 Å². The highest BCUT2D eigenvalue weighted by Crippen LogP contribution is 2.30. The Labute approximate surface area is 116 Å². The number of hydrogen-bond acceptors (Lipinski definition) is 1. The Balaban J connectivity index is 2.52. The Morgan fingerprint density at radius 3 is 2.37 bits per heavy atom. The minimum Gasteiger partial charge on any atom is -0.384 e. The number of halogens is 4. The number of rotatable bonds is 2. The summed E-state index contributed by atoms with van der Waals surface area (Å²) < 4.78 is 40.3. The van der Waals surface area contributed by atoms with Crippen molar-refractivity contribution < 1.29 is 18.3 Å². The molecule has 0 aliphatic rings. The second-order valence-corrected chi connectivity index (χ2v) is 5.05. The lowest BCUT2D eigenvalue weighted by atomic mass is 9.97. The molecule has 0 aliphatic carbocycles. The lowest BCUT2D eigenvalue weighted by molar-refractivity contribution is 0.213. The molecule has 1 unspecified atom stereocenters. The van der Waals surface area contributed by atoms with Gasteiger partial charge in [0.15, 0.2) is 0 Å². The van der Waals surface area contributed by atoms with E-state index in [0.29, 0.717) is 5.56 Å². The predicted octanol–water partition coefficient (Wildman–Crippen LogP) is 4.26. The molecule has 100 valence electrons. The number of aliphatic hydroxyl groups excluding tert-OH is 1. The molecular formula is C14H10BrF3O. The molecule has 2 rings (SSSR count). The minimum absolute atomic E-state index is 0.0306. The second kappa shape index (κ2) is 5.35. The summed E-state index contributed by atoms with van der Waals surface area (Å²) >= 11 is 2.86. The fourth-order valence-corrected chi connectivity index (χ4v) is 2.14. The second-order valence-electron chi connectivity index (χ2n) is 4.19. The van der Waals surface area contributed by atoms with Crippen LogP contribution in [0.4, 0.5) is 13.2 Å². The van der Waals surface area contributed by atoms with Crippen LogP contribution in [0, 0.1) is 24.4 Å². The molecule has 1 atom stereocenters. The lowest BCUT2D eigenvalue weighted by Crippen LogP contribution is -2.06. The van der Waals surface area contributed by atoms with Gasteiger partial charge in [-0.25, -0.2) is 13.2 Å². The zero-order valence-corrected chi connectivity index (χ0v) is 11.5. The molecule has 1 nitrogen and oxygen atoms in total. The van der Waals surface area contributed by atoms with Gasteiger partial charge in [0.1, 0.15) is 23.6 Å². The SMILES string of the molecule is Cc1ccc(F)cc1C(O)c1cc(F)c(Br)cc1F. The summed E-state index contributed by atoms with van der Waals surface area (Å²) in [5, 5.41) is 10.1. The van der Waals surface area contributed by atoms with E-state index in [2.05, 4.69) is 15.9 Å². The van der Waals surface area contributed by atoms with Gasteiger partial charge in [-0.2, -0.15) is 0 Å². The molecule has 2 aromatic carbocycles. The summed E-state index contributed by atoms with van der Waals surface area (Å²) in [6.45, 7) is 1.66. The zero-order chi connectivity index (χ0) is 14.2. The maximum Gasteiger partial charge on any atom is 0.137 e. The molecular weight excluding hydrogens is 321 g/mol. The van der Waals surface area contributed by atoms with Gasteiger partial charge in [-0.1, -0.05) is 6.07 Å². The largest absolute Gasteiger partial charge is 0.384 e. The molecule has 0 bridgehead atoms. The van der Waals surface area contributed by atoms with Gasteiger partial charge < -0.3 is 5.11 Å². The Hall–Kier alpha value is -1.33. The number of benzene rings is 2. The summed E-state index contributed by atoms with van der Waals surface area (Å²) in [4.78, 5) is 0. The molecule has 0 aromatic heterocycles. The van der Waals surface area contributed by atoms with E-state index in [9.17, 15) is 18.3 Å². The Bertz CT molecular complexity index is 628. The summed E-state index contributed by atoms with van der Waals surface area (Å²) in [7, 11) is 0. The van der Waals surface area contributed by atoms with Gasteiger partial charge in [0, 0.05) is 5.56 Å². The molecule has 19 heavy (non-hydrogen) atoms. The predicted molar refractivity (Wildman–Crippen MR) is 69.3 cm³/mol. The number of aryl methyl sites for hydroxylation is 1. The molecule has 0 radical (unpaired) electrons. The van der Waals surface area contributed by atoms with Crippen molar-refractivity contribution in [1.82, 2.24) is 0 Å². The van der Waals surface area contributed by atoms with E-state index in [4.69, 9.17) is 0 Å². The first-order chi connectivity index (χ1) is 8.90. The third-order valence-corrected chi connectivity index (χ3v) is 3.48. The average molecular weight is 331 g/mol. The monoisotopic (exact) mass is 330 g/mol. The van der Waals surface area contributed by atoms with Crippen LogP contribution in [0.2, 0.25) is 0 Å². The maximum atomic E-state index is 13.7. The van der Waals surface area contributed by atoms with Crippen LogP contribution in [0.5, 0.6) is 0 Å². The molecule has 0 fully saturated rings. The van der Waals surface area contributed by atoms with Crippen LogP contribution in [0.3, 0.4) is 0 Å². The van der Waals surface area contributed by atoms with Gasteiger partial charge in [0.05, 0.1) is 4.47 Å². The maximum absolute atomic E-state index is 13.7. The summed E-state index contributed by atoms with van der Waals surface area (Å²) in [5.74, 6) is -1.99. The number of aliphatic hydroxyl groups is 1. The summed E-state index contributed by atoms with van der Waals surface area (Å²) in [5.41, 5.74) is 0.576. The first kappa shape index (κ1) is 14.1. The van der Waals surface area contributed by atoms with Gasteiger partial charge >= 0.3 is 0 Å².